The van der Waals surface area contributed by atoms with Crippen LogP contribution < -0.4 is 0 Å². The summed E-state index contributed by atoms with van der Waals surface area (Å²) in [6.45, 7) is 5.49. The number of carbonyl (C=O) groups is 1. The lowest BCUT2D eigenvalue weighted by Gasteiger charge is -1.85. The Bertz CT molecular complexity index is 134. The topological polar surface area (TPSA) is 17.1 Å². The number of hydrogen-bond acceptors (Lipinski definition) is 1. The fourth-order valence-electron chi connectivity index (χ4n) is 0.590. The zero-order valence-corrected chi connectivity index (χ0v) is 6.47. The largest absolute Gasteiger partial charge is 0.290 e. The zero-order chi connectivity index (χ0) is 7.82. The van der Waals surface area contributed by atoms with Gasteiger partial charge in [0.15, 0.2) is 5.78 Å². The summed E-state index contributed by atoms with van der Waals surface area (Å²) in [5, 5.41) is 0. The maximum Gasteiger partial charge on any atom is 0.177 e. The Labute approximate surface area is 62.4 Å². The van der Waals surface area contributed by atoms with E-state index in [1.165, 1.54) is 12.5 Å². The van der Waals surface area contributed by atoms with Crippen molar-refractivity contribution >= 4 is 5.78 Å². The summed E-state index contributed by atoms with van der Waals surface area (Å²) in [4.78, 5) is 10.6. The Balaban J connectivity index is 3.36. The van der Waals surface area contributed by atoms with Gasteiger partial charge < -0.3 is 0 Å². The van der Waals surface area contributed by atoms with E-state index in [4.69, 9.17) is 0 Å². The summed E-state index contributed by atoms with van der Waals surface area (Å²) in [5.41, 5.74) is 0. The molecule has 0 saturated carbocycles. The van der Waals surface area contributed by atoms with E-state index < -0.39 is 0 Å². The number of allylic oxidation sites excluding steroid dienone is 3. The van der Waals surface area contributed by atoms with Crippen LogP contribution in [0.15, 0.2) is 24.8 Å². The minimum atomic E-state index is -0.00361. The molecule has 0 rings (SSSR count). The van der Waals surface area contributed by atoms with Crippen LogP contribution >= 0.6 is 0 Å². The van der Waals surface area contributed by atoms with Crippen molar-refractivity contribution in [2.24, 2.45) is 0 Å². The maximum absolute atomic E-state index is 10.6. The Kier molecular flexibility index (Phi) is 5.74. The maximum atomic E-state index is 10.6. The Morgan fingerprint density at radius 1 is 1.60 bits per heavy atom. The van der Waals surface area contributed by atoms with E-state index in [9.17, 15) is 4.79 Å². The van der Waals surface area contributed by atoms with Gasteiger partial charge in [-0.25, -0.2) is 0 Å². The van der Waals surface area contributed by atoms with Crippen LogP contribution in [0.2, 0.25) is 0 Å². The van der Waals surface area contributed by atoms with E-state index in [-0.39, 0.29) is 5.78 Å². The number of hydrogen-bond donors (Lipinski definition) is 0. The minimum Gasteiger partial charge on any atom is -0.290 e. The molecule has 0 amide bonds. The van der Waals surface area contributed by atoms with Crippen LogP contribution in [0.3, 0.4) is 0 Å². The molecule has 56 valence electrons. The van der Waals surface area contributed by atoms with Crippen molar-refractivity contribution in [1.29, 1.82) is 0 Å². The number of unbranched alkanes of at least 4 members (excludes halogenated alkanes) is 2. The first kappa shape index (κ1) is 9.15. The molecule has 10 heavy (non-hydrogen) atoms. The molecule has 0 fully saturated rings. The van der Waals surface area contributed by atoms with Crippen molar-refractivity contribution in [2.75, 3.05) is 0 Å². The predicted molar refractivity (Wildman–Crippen MR) is 43.9 cm³/mol. The number of ketones is 1. The molecule has 0 aliphatic heterocycles. The molecule has 0 aliphatic carbocycles. The molecule has 0 heterocycles. The summed E-state index contributed by atoms with van der Waals surface area (Å²) in [7, 11) is 0. The third-order valence-corrected chi connectivity index (χ3v) is 1.21. The van der Waals surface area contributed by atoms with Crippen molar-refractivity contribution in [3.63, 3.8) is 0 Å². The summed E-state index contributed by atoms with van der Waals surface area (Å²) in [6.07, 6.45) is 8.11. The molecule has 0 N–H and O–H groups in total. The summed E-state index contributed by atoms with van der Waals surface area (Å²) >= 11 is 0. The van der Waals surface area contributed by atoms with E-state index in [1.54, 1.807) is 6.08 Å². The third-order valence-electron chi connectivity index (χ3n) is 1.21. The van der Waals surface area contributed by atoms with Crippen molar-refractivity contribution in [2.45, 2.75) is 26.2 Å². The van der Waals surface area contributed by atoms with Crippen LogP contribution in [0.4, 0.5) is 0 Å². The first-order valence-electron chi connectivity index (χ1n) is 3.64. The minimum absolute atomic E-state index is 0.00361. The second kappa shape index (κ2) is 6.27. The van der Waals surface area contributed by atoms with Crippen molar-refractivity contribution in [3.8, 4) is 0 Å². The van der Waals surface area contributed by atoms with E-state index in [1.807, 2.05) is 6.08 Å². The lowest BCUT2D eigenvalue weighted by Crippen LogP contribution is -1.82. The van der Waals surface area contributed by atoms with Gasteiger partial charge in [0.1, 0.15) is 0 Å². The molecule has 0 spiro atoms. The van der Waals surface area contributed by atoms with Gasteiger partial charge in [-0.05, 0) is 18.6 Å². The Morgan fingerprint density at radius 3 is 2.80 bits per heavy atom. The second-order valence-electron chi connectivity index (χ2n) is 2.15. The summed E-state index contributed by atoms with van der Waals surface area (Å²) in [5.74, 6) is -0.00361. The summed E-state index contributed by atoms with van der Waals surface area (Å²) < 4.78 is 0. The van der Waals surface area contributed by atoms with E-state index in [0.29, 0.717) is 0 Å². The molecule has 0 unspecified atom stereocenters. The molecular weight excluding hydrogens is 124 g/mol. The quantitative estimate of drug-likeness (QED) is 0.421. The molecule has 0 aromatic carbocycles. The van der Waals surface area contributed by atoms with Crippen molar-refractivity contribution < 1.29 is 4.79 Å². The van der Waals surface area contributed by atoms with Gasteiger partial charge in [0.25, 0.3) is 0 Å². The monoisotopic (exact) mass is 138 g/mol. The van der Waals surface area contributed by atoms with Gasteiger partial charge in [-0.2, -0.15) is 0 Å². The molecule has 1 nitrogen and oxygen atoms in total. The smallest absolute Gasteiger partial charge is 0.177 e. The number of carbonyl (C=O) groups excluding carboxylic acids is 1. The molecule has 0 aliphatic rings. The highest BCUT2D eigenvalue weighted by Gasteiger charge is 1.83. The van der Waals surface area contributed by atoms with Gasteiger partial charge in [0.05, 0.1) is 0 Å². The lowest BCUT2D eigenvalue weighted by molar-refractivity contribution is -0.110. The van der Waals surface area contributed by atoms with Crippen LogP contribution in [-0.4, -0.2) is 5.78 Å². The fourth-order valence-corrected chi connectivity index (χ4v) is 0.590. The van der Waals surface area contributed by atoms with Crippen LogP contribution in [0, 0.1) is 0 Å². The van der Waals surface area contributed by atoms with Gasteiger partial charge >= 0.3 is 0 Å². The highest BCUT2D eigenvalue weighted by atomic mass is 16.1. The van der Waals surface area contributed by atoms with Crippen molar-refractivity contribution in [3.05, 3.63) is 24.8 Å². The second-order valence-corrected chi connectivity index (χ2v) is 2.15. The third kappa shape index (κ3) is 5.29. The lowest BCUT2D eigenvalue weighted by atomic mass is 10.2. The highest BCUT2D eigenvalue weighted by Crippen LogP contribution is 1.94. The molecule has 0 aromatic rings. The highest BCUT2D eigenvalue weighted by molar-refractivity contribution is 5.98. The average Bonchev–Trinajstić information content (AvgIpc) is 1.98. The van der Waals surface area contributed by atoms with E-state index in [2.05, 4.69) is 13.5 Å². The van der Waals surface area contributed by atoms with Crippen LogP contribution in [0.5, 0.6) is 0 Å². The predicted octanol–water partition coefficient (Wildman–Crippen LogP) is 2.49. The number of rotatable bonds is 5. The summed E-state index contributed by atoms with van der Waals surface area (Å²) in [6, 6.07) is 0. The molecule has 1 heteroatoms. The standard InChI is InChI=1S/C9H14O/c1-3-5-6-7-8-9(10)4-2/h4,7-8H,2-3,5-6H2,1H3/b8-7-. The molecule has 0 saturated heterocycles. The first-order chi connectivity index (χ1) is 4.81. The zero-order valence-electron chi connectivity index (χ0n) is 6.47. The van der Waals surface area contributed by atoms with Crippen LogP contribution in [0.25, 0.3) is 0 Å². The Morgan fingerprint density at radius 2 is 2.30 bits per heavy atom. The van der Waals surface area contributed by atoms with E-state index in [0.717, 1.165) is 12.8 Å². The van der Waals surface area contributed by atoms with Crippen LogP contribution in [0.1, 0.15) is 26.2 Å². The Hall–Kier alpha value is -0.850. The average molecular weight is 138 g/mol. The molecule has 0 atom stereocenters. The van der Waals surface area contributed by atoms with Crippen LogP contribution in [-0.2, 0) is 4.79 Å². The fraction of sp³-hybridized carbons (Fsp3) is 0.444. The molecular formula is C9H14O. The van der Waals surface area contributed by atoms with E-state index >= 15 is 0 Å². The van der Waals surface area contributed by atoms with Gasteiger partial charge in [-0.15, -0.1) is 0 Å². The van der Waals surface area contributed by atoms with Gasteiger partial charge in [-0.3, -0.25) is 4.79 Å². The SMILES string of the molecule is C=CC(=O)/C=C\CCCC. The van der Waals surface area contributed by atoms with Crippen molar-refractivity contribution in [1.82, 2.24) is 0 Å². The molecule has 0 aromatic heterocycles. The molecule has 0 radical (unpaired) electrons. The van der Waals surface area contributed by atoms with Gasteiger partial charge in [0.2, 0.25) is 0 Å². The first-order valence-corrected chi connectivity index (χ1v) is 3.64. The van der Waals surface area contributed by atoms with Gasteiger partial charge in [0, 0.05) is 0 Å². The molecule has 0 bridgehead atoms. The normalized spacial score (nSPS) is 10.1. The van der Waals surface area contributed by atoms with Gasteiger partial charge in [-0.1, -0.05) is 32.4 Å².